The van der Waals surface area contributed by atoms with Gasteiger partial charge in [0.25, 0.3) is 5.91 Å². The van der Waals surface area contributed by atoms with Gasteiger partial charge in [-0.2, -0.15) is 0 Å². The number of hydrogen-bond donors (Lipinski definition) is 2. The van der Waals surface area contributed by atoms with Crippen LogP contribution >= 0.6 is 11.6 Å². The van der Waals surface area contributed by atoms with Crippen molar-refractivity contribution in [3.63, 3.8) is 0 Å². The van der Waals surface area contributed by atoms with Gasteiger partial charge in [-0.1, -0.05) is 42.8 Å². The molecule has 5 heteroatoms. The number of amides is 1. The van der Waals surface area contributed by atoms with E-state index in [9.17, 15) is 4.79 Å². The third-order valence-corrected chi connectivity index (χ3v) is 4.10. The van der Waals surface area contributed by atoms with Crippen LogP contribution in [0.4, 0.5) is 17.1 Å². The fourth-order valence-corrected chi connectivity index (χ4v) is 2.56. The quantitative estimate of drug-likeness (QED) is 0.656. The predicted molar refractivity (Wildman–Crippen MR) is 103 cm³/mol. The second-order valence-electron chi connectivity index (χ2n) is 5.57. The van der Waals surface area contributed by atoms with E-state index in [1.54, 1.807) is 24.4 Å². The first kappa shape index (κ1) is 17.0. The van der Waals surface area contributed by atoms with Gasteiger partial charge in [0.15, 0.2) is 0 Å². The lowest BCUT2D eigenvalue weighted by Gasteiger charge is -2.10. The first-order valence-corrected chi connectivity index (χ1v) is 8.40. The van der Waals surface area contributed by atoms with Gasteiger partial charge in [0.2, 0.25) is 0 Å². The van der Waals surface area contributed by atoms with Crippen LogP contribution in [0.5, 0.6) is 0 Å². The molecule has 0 aliphatic carbocycles. The first-order chi connectivity index (χ1) is 12.2. The molecule has 0 radical (unpaired) electrons. The number of carbonyl (C=O) groups is 1. The number of anilines is 3. The Morgan fingerprint density at radius 1 is 1.04 bits per heavy atom. The molecule has 1 aromatic heterocycles. The smallest absolute Gasteiger partial charge is 0.257 e. The lowest BCUT2D eigenvalue weighted by molar-refractivity contribution is 0.102. The first-order valence-electron chi connectivity index (χ1n) is 8.02. The number of aromatic nitrogens is 1. The molecule has 0 saturated heterocycles. The van der Waals surface area contributed by atoms with Crippen LogP contribution in [0.2, 0.25) is 5.02 Å². The van der Waals surface area contributed by atoms with Crippen molar-refractivity contribution in [2.24, 2.45) is 0 Å². The highest BCUT2D eigenvalue weighted by atomic mass is 35.5. The number of aryl methyl sites for hydroxylation is 1. The van der Waals surface area contributed by atoms with E-state index in [2.05, 4.69) is 34.7 Å². The topological polar surface area (TPSA) is 54.0 Å². The lowest BCUT2D eigenvalue weighted by atomic mass is 10.1. The molecule has 2 aromatic carbocycles. The minimum atomic E-state index is -0.259. The molecule has 1 amide bonds. The second-order valence-corrected chi connectivity index (χ2v) is 5.98. The summed E-state index contributed by atoms with van der Waals surface area (Å²) in [5, 5.41) is 6.55. The molecule has 3 aromatic rings. The average Bonchev–Trinajstić information content (AvgIpc) is 2.64. The average molecular weight is 352 g/mol. The summed E-state index contributed by atoms with van der Waals surface area (Å²) in [7, 11) is 0. The summed E-state index contributed by atoms with van der Waals surface area (Å²) >= 11 is 6.08. The summed E-state index contributed by atoms with van der Waals surface area (Å²) in [6.07, 6.45) is 4.21. The molecule has 0 aliphatic rings. The molecule has 0 atom stereocenters. The largest absolute Gasteiger partial charge is 0.354 e. The van der Waals surface area contributed by atoms with Gasteiger partial charge in [0.1, 0.15) is 0 Å². The summed E-state index contributed by atoms with van der Waals surface area (Å²) in [5.74, 6) is -0.259. The van der Waals surface area contributed by atoms with E-state index in [4.69, 9.17) is 11.6 Å². The fourth-order valence-electron chi connectivity index (χ4n) is 2.38. The Labute approximate surface area is 151 Å². The van der Waals surface area contributed by atoms with Crippen LogP contribution in [0.15, 0.2) is 67.0 Å². The number of halogens is 1. The van der Waals surface area contributed by atoms with Crippen LogP contribution < -0.4 is 10.6 Å². The van der Waals surface area contributed by atoms with Gasteiger partial charge >= 0.3 is 0 Å². The van der Waals surface area contributed by atoms with Crippen LogP contribution in [0, 0.1) is 0 Å². The van der Waals surface area contributed by atoms with Crippen LogP contribution in [-0.4, -0.2) is 10.9 Å². The van der Waals surface area contributed by atoms with Gasteiger partial charge in [-0.05, 0) is 42.3 Å². The zero-order valence-electron chi connectivity index (χ0n) is 13.8. The summed E-state index contributed by atoms with van der Waals surface area (Å²) in [6, 6.07) is 17.0. The van der Waals surface area contributed by atoms with E-state index in [0.717, 1.165) is 17.8 Å². The molecule has 0 aliphatic heterocycles. The summed E-state index contributed by atoms with van der Waals surface area (Å²) in [5.41, 5.74) is 3.99. The van der Waals surface area contributed by atoms with Crippen molar-refractivity contribution in [3.8, 4) is 0 Å². The Kier molecular flexibility index (Phi) is 5.31. The maximum Gasteiger partial charge on any atom is 0.257 e. The highest BCUT2D eigenvalue weighted by Gasteiger charge is 2.09. The molecule has 0 saturated carbocycles. The van der Waals surface area contributed by atoms with Gasteiger partial charge in [-0.15, -0.1) is 0 Å². The predicted octanol–water partition coefficient (Wildman–Crippen LogP) is 5.29. The lowest BCUT2D eigenvalue weighted by Crippen LogP contribution is -2.12. The van der Waals surface area contributed by atoms with Crippen molar-refractivity contribution in [3.05, 3.63) is 83.1 Å². The fraction of sp³-hybridized carbons (Fsp3) is 0.100. The van der Waals surface area contributed by atoms with E-state index in [-0.39, 0.29) is 5.91 Å². The molecule has 1 heterocycles. The zero-order chi connectivity index (χ0) is 17.6. The van der Waals surface area contributed by atoms with E-state index >= 15 is 0 Å². The highest BCUT2D eigenvalue weighted by molar-refractivity contribution is 6.33. The maximum absolute atomic E-state index is 12.4. The van der Waals surface area contributed by atoms with E-state index in [0.29, 0.717) is 16.3 Å². The minimum absolute atomic E-state index is 0.259. The molecular formula is C20H18ClN3O. The van der Waals surface area contributed by atoms with Gasteiger partial charge in [0.05, 0.1) is 28.2 Å². The van der Waals surface area contributed by atoms with Crippen LogP contribution in [-0.2, 0) is 6.42 Å². The maximum atomic E-state index is 12.4. The number of hydrogen-bond acceptors (Lipinski definition) is 3. The third kappa shape index (κ3) is 4.37. The van der Waals surface area contributed by atoms with Gasteiger partial charge < -0.3 is 10.6 Å². The van der Waals surface area contributed by atoms with Crippen molar-refractivity contribution in [1.82, 2.24) is 4.98 Å². The zero-order valence-corrected chi connectivity index (χ0v) is 14.5. The van der Waals surface area contributed by atoms with Gasteiger partial charge in [-0.25, -0.2) is 0 Å². The molecule has 0 unspecified atom stereocenters. The van der Waals surface area contributed by atoms with Gasteiger partial charge in [0, 0.05) is 11.9 Å². The van der Waals surface area contributed by atoms with Crippen LogP contribution in [0.25, 0.3) is 0 Å². The molecular weight excluding hydrogens is 334 g/mol. The summed E-state index contributed by atoms with van der Waals surface area (Å²) < 4.78 is 0. The third-order valence-electron chi connectivity index (χ3n) is 3.77. The Bertz CT molecular complexity index is 878. The van der Waals surface area contributed by atoms with Gasteiger partial charge in [-0.3, -0.25) is 9.78 Å². The molecule has 0 spiro atoms. The normalized spacial score (nSPS) is 10.3. The number of nitrogens with zero attached hydrogens (tertiary/aromatic N) is 1. The second kappa shape index (κ2) is 7.81. The Morgan fingerprint density at radius 3 is 2.52 bits per heavy atom. The standard InChI is InChI=1S/C20H18ClN3O/c1-2-14-7-9-16(10-8-14)23-17-11-15(12-22-13-17)20(25)24-19-6-4-3-5-18(19)21/h3-13,23H,2H2,1H3,(H,24,25). The van der Waals surface area contributed by atoms with E-state index < -0.39 is 0 Å². The minimum Gasteiger partial charge on any atom is -0.354 e. The molecule has 3 rings (SSSR count). The van der Waals surface area contributed by atoms with Crippen molar-refractivity contribution in [2.75, 3.05) is 10.6 Å². The number of carbonyl (C=O) groups excluding carboxylic acids is 1. The summed E-state index contributed by atoms with van der Waals surface area (Å²) in [4.78, 5) is 16.6. The number of rotatable bonds is 5. The molecule has 0 fully saturated rings. The van der Waals surface area contributed by atoms with Crippen molar-refractivity contribution >= 4 is 34.6 Å². The number of nitrogens with one attached hydrogen (secondary N) is 2. The monoisotopic (exact) mass is 351 g/mol. The molecule has 2 N–H and O–H groups in total. The SMILES string of the molecule is CCc1ccc(Nc2cncc(C(=O)Nc3ccccc3Cl)c2)cc1. The van der Waals surface area contributed by atoms with E-state index in [1.165, 1.54) is 11.8 Å². The molecule has 4 nitrogen and oxygen atoms in total. The number of para-hydroxylation sites is 1. The molecule has 126 valence electrons. The Hall–Kier alpha value is -2.85. The molecule has 0 bridgehead atoms. The molecule has 25 heavy (non-hydrogen) atoms. The Balaban J connectivity index is 1.74. The number of benzene rings is 2. The highest BCUT2D eigenvalue weighted by Crippen LogP contribution is 2.22. The van der Waals surface area contributed by atoms with E-state index in [1.807, 2.05) is 24.3 Å². The summed E-state index contributed by atoms with van der Waals surface area (Å²) in [6.45, 7) is 2.12. The van der Waals surface area contributed by atoms with Crippen LogP contribution in [0.3, 0.4) is 0 Å². The Morgan fingerprint density at radius 2 is 1.80 bits per heavy atom. The van der Waals surface area contributed by atoms with Crippen molar-refractivity contribution in [2.45, 2.75) is 13.3 Å². The van der Waals surface area contributed by atoms with Crippen molar-refractivity contribution < 1.29 is 4.79 Å². The van der Waals surface area contributed by atoms with Crippen molar-refractivity contribution in [1.29, 1.82) is 0 Å². The number of pyridine rings is 1. The van der Waals surface area contributed by atoms with Crippen LogP contribution in [0.1, 0.15) is 22.8 Å².